The second-order valence-corrected chi connectivity index (χ2v) is 9.23. The number of carbonyl (C=O) groups excluding carboxylic acids is 1. The van der Waals surface area contributed by atoms with Crippen LogP contribution in [-0.2, 0) is 21.4 Å². The van der Waals surface area contributed by atoms with Gasteiger partial charge in [0.25, 0.3) is 0 Å². The van der Waals surface area contributed by atoms with E-state index in [1.165, 1.54) is 8.99 Å². The van der Waals surface area contributed by atoms with E-state index in [0.717, 1.165) is 29.7 Å². The van der Waals surface area contributed by atoms with E-state index in [-0.39, 0.29) is 17.3 Å². The molecule has 29 heavy (non-hydrogen) atoms. The quantitative estimate of drug-likeness (QED) is 0.672. The molecule has 0 aliphatic rings. The number of aryl methyl sites for hydroxylation is 2. The molecule has 0 saturated heterocycles. The Labute approximate surface area is 174 Å². The monoisotopic (exact) mass is 420 g/mol. The summed E-state index contributed by atoms with van der Waals surface area (Å²) < 4.78 is 29.4. The minimum absolute atomic E-state index is 0.0445. The molecule has 0 spiro atoms. The van der Waals surface area contributed by atoms with Crippen molar-refractivity contribution >= 4 is 21.6 Å². The molecule has 0 atom stereocenters. The van der Waals surface area contributed by atoms with Crippen LogP contribution in [0.15, 0.2) is 23.1 Å². The first-order valence-corrected chi connectivity index (χ1v) is 11.5. The smallest absolute Gasteiger partial charge is 0.246 e. The maximum atomic E-state index is 13.2. The Morgan fingerprint density at radius 3 is 2.31 bits per heavy atom. The fraction of sp³-hybridized carbons (Fsp3) is 0.524. The summed E-state index contributed by atoms with van der Waals surface area (Å²) in [5.74, 6) is -0.243. The molecule has 0 bridgehead atoms. The number of benzene rings is 1. The summed E-state index contributed by atoms with van der Waals surface area (Å²) in [6.07, 6.45) is 1.48. The Hall–Kier alpha value is -2.19. The zero-order chi connectivity index (χ0) is 21.8. The van der Waals surface area contributed by atoms with Crippen molar-refractivity contribution < 1.29 is 13.2 Å². The molecule has 7 nitrogen and oxygen atoms in total. The zero-order valence-electron chi connectivity index (χ0n) is 18.2. The minimum atomic E-state index is -3.65. The molecular formula is C21H32N4O3S. The standard InChI is InChI=1S/C21H32N4O3S/c1-7-12-24(13-8-2)29(27,28)21-17(5)23-25(18(21)6)14-20(26)22-19-11-9-10-15(3)16(19)4/h9-11H,7-8,12-14H2,1-6H3,(H,22,26). The molecule has 1 aromatic carbocycles. The second kappa shape index (κ2) is 9.54. The van der Waals surface area contributed by atoms with Crippen molar-refractivity contribution in [2.24, 2.45) is 0 Å². The van der Waals surface area contributed by atoms with Crippen LogP contribution in [-0.4, -0.2) is 41.5 Å². The summed E-state index contributed by atoms with van der Waals surface area (Å²) in [6.45, 7) is 12.1. The van der Waals surface area contributed by atoms with Crippen LogP contribution in [0.4, 0.5) is 5.69 Å². The Morgan fingerprint density at radius 1 is 1.10 bits per heavy atom. The van der Waals surface area contributed by atoms with Crippen molar-refractivity contribution in [1.29, 1.82) is 0 Å². The van der Waals surface area contributed by atoms with Crippen LogP contribution in [0.2, 0.25) is 0 Å². The number of hydrogen-bond acceptors (Lipinski definition) is 4. The van der Waals surface area contributed by atoms with Crippen molar-refractivity contribution in [3.63, 3.8) is 0 Å². The number of sulfonamides is 1. The number of carbonyl (C=O) groups is 1. The van der Waals surface area contributed by atoms with Crippen molar-refractivity contribution in [2.45, 2.75) is 65.8 Å². The number of amides is 1. The highest BCUT2D eigenvalue weighted by Crippen LogP contribution is 2.24. The molecule has 1 N–H and O–H groups in total. The molecule has 2 aromatic rings. The molecule has 2 rings (SSSR count). The van der Waals surface area contributed by atoms with Gasteiger partial charge in [-0.25, -0.2) is 8.42 Å². The highest BCUT2D eigenvalue weighted by molar-refractivity contribution is 7.89. The molecule has 1 aromatic heterocycles. The van der Waals surface area contributed by atoms with Crippen LogP contribution in [0.1, 0.15) is 49.2 Å². The molecule has 0 aliphatic carbocycles. The number of anilines is 1. The third-order valence-corrected chi connectivity index (χ3v) is 7.18. The third-order valence-electron chi connectivity index (χ3n) is 5.03. The normalized spacial score (nSPS) is 11.8. The lowest BCUT2D eigenvalue weighted by Crippen LogP contribution is -2.33. The van der Waals surface area contributed by atoms with Gasteiger partial charge in [-0.15, -0.1) is 0 Å². The van der Waals surface area contributed by atoms with Crippen molar-refractivity contribution in [1.82, 2.24) is 14.1 Å². The Kier molecular flexibility index (Phi) is 7.60. The van der Waals surface area contributed by atoms with Gasteiger partial charge in [0.05, 0.1) is 11.4 Å². The predicted molar refractivity (Wildman–Crippen MR) is 116 cm³/mol. The van der Waals surface area contributed by atoms with Crippen LogP contribution in [0, 0.1) is 27.7 Å². The van der Waals surface area contributed by atoms with E-state index < -0.39 is 10.0 Å². The first-order chi connectivity index (χ1) is 13.6. The summed E-state index contributed by atoms with van der Waals surface area (Å²) in [5, 5.41) is 7.25. The van der Waals surface area contributed by atoms with Gasteiger partial charge in [-0.2, -0.15) is 9.40 Å². The third kappa shape index (κ3) is 5.05. The molecule has 160 valence electrons. The molecule has 0 saturated carbocycles. The van der Waals surface area contributed by atoms with E-state index in [1.807, 2.05) is 45.9 Å². The van der Waals surface area contributed by atoms with Gasteiger partial charge in [0.15, 0.2) is 0 Å². The lowest BCUT2D eigenvalue weighted by molar-refractivity contribution is -0.116. The zero-order valence-corrected chi connectivity index (χ0v) is 19.1. The van der Waals surface area contributed by atoms with E-state index in [9.17, 15) is 13.2 Å². The fourth-order valence-corrected chi connectivity index (χ4v) is 5.40. The van der Waals surface area contributed by atoms with Gasteiger partial charge in [-0.1, -0.05) is 26.0 Å². The van der Waals surface area contributed by atoms with Gasteiger partial charge in [0, 0.05) is 18.8 Å². The number of nitrogens with one attached hydrogen (secondary N) is 1. The van der Waals surface area contributed by atoms with Crippen LogP contribution >= 0.6 is 0 Å². The summed E-state index contributed by atoms with van der Waals surface area (Å²) in [7, 11) is -3.65. The van der Waals surface area contributed by atoms with Crippen LogP contribution in [0.5, 0.6) is 0 Å². The van der Waals surface area contributed by atoms with Crippen LogP contribution in [0.25, 0.3) is 0 Å². The van der Waals surface area contributed by atoms with Gasteiger partial charge in [0.1, 0.15) is 11.4 Å². The molecule has 0 aliphatic heterocycles. The lowest BCUT2D eigenvalue weighted by atomic mass is 10.1. The SMILES string of the molecule is CCCN(CCC)S(=O)(=O)c1c(C)nn(CC(=O)Nc2cccc(C)c2C)c1C. The van der Waals surface area contributed by atoms with E-state index in [0.29, 0.717) is 24.5 Å². The number of hydrogen-bond donors (Lipinski definition) is 1. The van der Waals surface area contributed by atoms with Crippen molar-refractivity contribution in [3.05, 3.63) is 40.7 Å². The van der Waals surface area contributed by atoms with E-state index in [4.69, 9.17) is 0 Å². The summed E-state index contributed by atoms with van der Waals surface area (Å²) in [4.78, 5) is 12.8. The topological polar surface area (TPSA) is 84.3 Å². The maximum absolute atomic E-state index is 13.2. The van der Waals surface area contributed by atoms with Gasteiger partial charge < -0.3 is 5.32 Å². The van der Waals surface area contributed by atoms with Gasteiger partial charge in [0.2, 0.25) is 15.9 Å². The number of nitrogens with zero attached hydrogens (tertiary/aromatic N) is 3. The van der Waals surface area contributed by atoms with Gasteiger partial charge >= 0.3 is 0 Å². The average Bonchev–Trinajstić information content (AvgIpc) is 2.92. The van der Waals surface area contributed by atoms with E-state index in [2.05, 4.69) is 10.4 Å². The molecule has 0 radical (unpaired) electrons. The summed E-state index contributed by atoms with van der Waals surface area (Å²) >= 11 is 0. The van der Waals surface area contributed by atoms with Crippen LogP contribution in [0.3, 0.4) is 0 Å². The summed E-state index contributed by atoms with van der Waals surface area (Å²) in [5.41, 5.74) is 3.75. The Morgan fingerprint density at radius 2 is 1.72 bits per heavy atom. The van der Waals surface area contributed by atoms with Crippen molar-refractivity contribution in [2.75, 3.05) is 18.4 Å². The number of aromatic nitrogens is 2. The molecule has 0 fully saturated rings. The lowest BCUT2D eigenvalue weighted by Gasteiger charge is -2.21. The largest absolute Gasteiger partial charge is 0.324 e. The minimum Gasteiger partial charge on any atom is -0.324 e. The highest BCUT2D eigenvalue weighted by Gasteiger charge is 2.30. The first kappa shape index (κ1) is 23.1. The molecule has 8 heteroatoms. The Bertz CT molecular complexity index is 974. The second-order valence-electron chi connectivity index (χ2n) is 7.36. The van der Waals surface area contributed by atoms with Gasteiger partial charge in [-0.3, -0.25) is 9.48 Å². The molecule has 0 unspecified atom stereocenters. The molecule has 1 amide bonds. The number of rotatable bonds is 9. The Balaban J connectivity index is 2.28. The van der Waals surface area contributed by atoms with Crippen molar-refractivity contribution in [3.8, 4) is 0 Å². The maximum Gasteiger partial charge on any atom is 0.246 e. The van der Waals surface area contributed by atoms with E-state index in [1.54, 1.807) is 13.8 Å². The molecular weight excluding hydrogens is 388 g/mol. The molecule has 1 heterocycles. The van der Waals surface area contributed by atoms with Gasteiger partial charge in [-0.05, 0) is 57.7 Å². The summed E-state index contributed by atoms with van der Waals surface area (Å²) in [6, 6.07) is 5.73. The fourth-order valence-electron chi connectivity index (χ4n) is 3.40. The van der Waals surface area contributed by atoms with E-state index >= 15 is 0 Å². The average molecular weight is 421 g/mol. The van der Waals surface area contributed by atoms with Crippen LogP contribution < -0.4 is 5.32 Å². The highest BCUT2D eigenvalue weighted by atomic mass is 32.2. The first-order valence-electron chi connectivity index (χ1n) is 10.0. The predicted octanol–water partition coefficient (Wildman–Crippen LogP) is 3.57.